The summed E-state index contributed by atoms with van der Waals surface area (Å²) in [5.74, 6) is 0.311. The molecule has 0 unspecified atom stereocenters. The maximum absolute atomic E-state index is 12.1. The highest BCUT2D eigenvalue weighted by Crippen LogP contribution is 2.28. The fraction of sp³-hybridized carbons (Fsp3) is 0.294. The van der Waals surface area contributed by atoms with E-state index >= 15 is 0 Å². The van der Waals surface area contributed by atoms with Crippen LogP contribution in [-0.4, -0.2) is 49.2 Å². The molecule has 26 heavy (non-hydrogen) atoms. The molecule has 9 heteroatoms. The molecule has 0 radical (unpaired) electrons. The highest BCUT2D eigenvalue weighted by Gasteiger charge is 2.24. The fourth-order valence-electron chi connectivity index (χ4n) is 2.92. The summed E-state index contributed by atoms with van der Waals surface area (Å²) >= 11 is 3.37. The van der Waals surface area contributed by atoms with E-state index < -0.39 is 10.9 Å². The number of anilines is 2. The number of nitrogens with zero attached hydrogens (tertiary/aromatic N) is 4. The van der Waals surface area contributed by atoms with Gasteiger partial charge in [-0.25, -0.2) is 9.78 Å². The molecule has 1 aliphatic heterocycles. The summed E-state index contributed by atoms with van der Waals surface area (Å²) in [7, 11) is 1.27. The Hall–Kier alpha value is -2.68. The molecule has 1 aromatic carbocycles. The molecule has 2 aromatic rings. The number of rotatable bonds is 4. The lowest BCUT2D eigenvalue weighted by molar-refractivity contribution is -0.384. The number of piperazine rings is 1. The van der Waals surface area contributed by atoms with Gasteiger partial charge in [-0.2, -0.15) is 0 Å². The van der Waals surface area contributed by atoms with Crippen molar-refractivity contribution in [3.8, 4) is 0 Å². The van der Waals surface area contributed by atoms with Gasteiger partial charge in [0.15, 0.2) is 0 Å². The van der Waals surface area contributed by atoms with Crippen molar-refractivity contribution in [2.24, 2.45) is 0 Å². The SMILES string of the molecule is COC(=O)c1cc([N+](=O)[O-])ccc1N1CCN(c2ccc(Br)cn2)CC1. The largest absolute Gasteiger partial charge is 0.465 e. The summed E-state index contributed by atoms with van der Waals surface area (Å²) in [4.78, 5) is 31.1. The molecule has 0 saturated carbocycles. The number of carbonyl (C=O) groups excluding carboxylic acids is 1. The Bertz CT molecular complexity index is 820. The summed E-state index contributed by atoms with van der Waals surface area (Å²) in [5.41, 5.74) is 0.717. The molecule has 1 aromatic heterocycles. The minimum atomic E-state index is -0.583. The van der Waals surface area contributed by atoms with E-state index in [9.17, 15) is 14.9 Å². The van der Waals surface area contributed by atoms with Crippen LogP contribution in [0.4, 0.5) is 17.2 Å². The van der Waals surface area contributed by atoms with Gasteiger partial charge in [-0.1, -0.05) is 0 Å². The molecule has 136 valence electrons. The van der Waals surface area contributed by atoms with Gasteiger partial charge in [0.25, 0.3) is 5.69 Å². The molecule has 0 aliphatic carbocycles. The molecular weight excluding hydrogens is 404 g/mol. The Morgan fingerprint density at radius 2 is 1.88 bits per heavy atom. The van der Waals surface area contributed by atoms with Crippen molar-refractivity contribution in [3.63, 3.8) is 0 Å². The molecule has 2 heterocycles. The smallest absolute Gasteiger partial charge is 0.340 e. The van der Waals surface area contributed by atoms with Gasteiger partial charge >= 0.3 is 5.97 Å². The van der Waals surface area contributed by atoms with Crippen LogP contribution in [0.5, 0.6) is 0 Å². The van der Waals surface area contributed by atoms with E-state index in [4.69, 9.17) is 4.74 Å². The van der Waals surface area contributed by atoms with E-state index in [0.29, 0.717) is 18.8 Å². The first-order valence-electron chi connectivity index (χ1n) is 7.98. The molecular formula is C17H17BrN4O4. The number of esters is 1. The number of non-ortho nitro benzene ring substituents is 1. The van der Waals surface area contributed by atoms with E-state index in [-0.39, 0.29) is 11.3 Å². The van der Waals surface area contributed by atoms with Gasteiger partial charge < -0.3 is 14.5 Å². The van der Waals surface area contributed by atoms with Gasteiger partial charge in [0.1, 0.15) is 5.82 Å². The lowest BCUT2D eigenvalue weighted by atomic mass is 10.1. The lowest BCUT2D eigenvalue weighted by Crippen LogP contribution is -2.47. The third-order valence-corrected chi connectivity index (χ3v) is 4.72. The molecule has 1 fully saturated rings. The van der Waals surface area contributed by atoms with Gasteiger partial charge in [-0.05, 0) is 34.1 Å². The minimum Gasteiger partial charge on any atom is -0.465 e. The number of benzene rings is 1. The van der Waals surface area contributed by atoms with E-state index in [1.165, 1.54) is 19.2 Å². The number of methoxy groups -OCH3 is 1. The van der Waals surface area contributed by atoms with Crippen LogP contribution in [0.3, 0.4) is 0 Å². The molecule has 3 rings (SSSR count). The van der Waals surface area contributed by atoms with Crippen molar-refractivity contribution in [1.82, 2.24) is 4.98 Å². The molecule has 0 amide bonds. The average molecular weight is 421 g/mol. The second-order valence-electron chi connectivity index (χ2n) is 5.76. The Balaban J connectivity index is 1.79. The van der Waals surface area contributed by atoms with Gasteiger partial charge in [-0.15, -0.1) is 0 Å². The molecule has 8 nitrogen and oxygen atoms in total. The van der Waals surface area contributed by atoms with Crippen molar-refractivity contribution < 1.29 is 14.5 Å². The number of nitro groups is 1. The maximum Gasteiger partial charge on any atom is 0.340 e. The highest BCUT2D eigenvalue weighted by molar-refractivity contribution is 9.10. The molecule has 0 N–H and O–H groups in total. The van der Waals surface area contributed by atoms with Crippen molar-refractivity contribution in [1.29, 1.82) is 0 Å². The predicted octanol–water partition coefficient (Wildman–Crippen LogP) is 2.87. The number of hydrogen-bond acceptors (Lipinski definition) is 7. The fourth-order valence-corrected chi connectivity index (χ4v) is 3.15. The summed E-state index contributed by atoms with van der Waals surface area (Å²) in [5, 5.41) is 11.0. The van der Waals surface area contributed by atoms with Gasteiger partial charge in [0.2, 0.25) is 0 Å². The first-order valence-corrected chi connectivity index (χ1v) is 8.77. The quantitative estimate of drug-likeness (QED) is 0.426. The number of aromatic nitrogens is 1. The van der Waals surface area contributed by atoms with Crippen LogP contribution in [0.1, 0.15) is 10.4 Å². The van der Waals surface area contributed by atoms with Crippen molar-refractivity contribution in [2.75, 3.05) is 43.1 Å². The zero-order chi connectivity index (χ0) is 18.7. The standard InChI is InChI=1S/C17H17BrN4O4/c1-26-17(23)14-10-13(22(24)25)3-4-15(14)20-6-8-21(9-7-20)16-5-2-12(18)11-19-16/h2-5,10-11H,6-9H2,1H3. The molecule has 1 saturated heterocycles. The van der Waals surface area contributed by atoms with Crippen molar-refractivity contribution in [2.45, 2.75) is 0 Å². The van der Waals surface area contributed by atoms with Crippen molar-refractivity contribution >= 4 is 39.1 Å². The number of carbonyl (C=O) groups is 1. The van der Waals surface area contributed by atoms with E-state index in [0.717, 1.165) is 23.4 Å². The lowest BCUT2D eigenvalue weighted by Gasteiger charge is -2.37. The Morgan fingerprint density at radius 1 is 1.19 bits per heavy atom. The van der Waals surface area contributed by atoms with E-state index in [2.05, 4.69) is 25.8 Å². The molecule has 1 aliphatic rings. The normalized spacial score (nSPS) is 14.2. The first kappa shape index (κ1) is 18.1. The monoisotopic (exact) mass is 420 g/mol. The number of hydrogen-bond donors (Lipinski definition) is 0. The first-order chi connectivity index (χ1) is 12.5. The number of ether oxygens (including phenoxy) is 1. The van der Waals surface area contributed by atoms with Crippen molar-refractivity contribution in [3.05, 3.63) is 56.7 Å². The van der Waals surface area contributed by atoms with Crippen LogP contribution in [0.15, 0.2) is 41.0 Å². The molecule has 0 atom stereocenters. The summed E-state index contributed by atoms with van der Waals surface area (Å²) in [6.07, 6.45) is 1.76. The van der Waals surface area contributed by atoms with Crippen LogP contribution < -0.4 is 9.80 Å². The van der Waals surface area contributed by atoms with Gasteiger partial charge in [-0.3, -0.25) is 10.1 Å². The van der Waals surface area contributed by atoms with Crippen LogP contribution in [0, 0.1) is 10.1 Å². The number of pyridine rings is 1. The summed E-state index contributed by atoms with van der Waals surface area (Å²) in [6, 6.07) is 8.18. The zero-order valence-corrected chi connectivity index (χ0v) is 15.7. The van der Waals surface area contributed by atoms with Crippen LogP contribution in [0.2, 0.25) is 0 Å². The zero-order valence-electron chi connectivity index (χ0n) is 14.1. The molecule has 0 bridgehead atoms. The van der Waals surface area contributed by atoms with Crippen LogP contribution >= 0.6 is 15.9 Å². The number of nitro benzene ring substituents is 1. The Kier molecular flexibility index (Phi) is 5.36. The van der Waals surface area contributed by atoms with Gasteiger partial charge in [0.05, 0.1) is 23.3 Å². The van der Waals surface area contributed by atoms with E-state index in [1.807, 2.05) is 17.0 Å². The van der Waals surface area contributed by atoms with Crippen LogP contribution in [0.25, 0.3) is 0 Å². The summed E-state index contributed by atoms with van der Waals surface area (Å²) < 4.78 is 5.72. The number of halogens is 1. The average Bonchev–Trinajstić information content (AvgIpc) is 2.67. The Morgan fingerprint density at radius 3 is 2.46 bits per heavy atom. The third-order valence-electron chi connectivity index (χ3n) is 4.25. The van der Waals surface area contributed by atoms with Crippen LogP contribution in [-0.2, 0) is 4.74 Å². The second kappa shape index (κ2) is 7.69. The topological polar surface area (TPSA) is 88.8 Å². The predicted molar refractivity (Wildman–Crippen MR) is 101 cm³/mol. The van der Waals surface area contributed by atoms with Gasteiger partial charge in [0, 0.05) is 49.0 Å². The maximum atomic E-state index is 12.1. The third kappa shape index (κ3) is 3.77. The Labute approximate surface area is 158 Å². The highest BCUT2D eigenvalue weighted by atomic mass is 79.9. The minimum absolute atomic E-state index is 0.133. The van der Waals surface area contributed by atoms with E-state index in [1.54, 1.807) is 12.3 Å². The second-order valence-corrected chi connectivity index (χ2v) is 6.67. The molecule has 0 spiro atoms. The summed E-state index contributed by atoms with van der Waals surface area (Å²) in [6.45, 7) is 2.79.